The van der Waals surface area contributed by atoms with Crippen LogP contribution in [0.5, 0.6) is 5.75 Å². The van der Waals surface area contributed by atoms with Crippen molar-refractivity contribution >= 4 is 23.2 Å². The number of carbonyl (C=O) groups is 2. The molecule has 0 bridgehead atoms. The van der Waals surface area contributed by atoms with E-state index in [0.717, 1.165) is 56.1 Å². The van der Waals surface area contributed by atoms with E-state index in [2.05, 4.69) is 47.2 Å². The molecule has 2 amide bonds. The molecule has 1 N–H and O–H groups in total. The molecule has 2 aromatic carbocycles. The topological polar surface area (TPSA) is 65.1 Å². The molecule has 1 saturated heterocycles. The van der Waals surface area contributed by atoms with Crippen LogP contribution in [0.1, 0.15) is 36.0 Å². The molecule has 2 aliphatic rings. The highest BCUT2D eigenvalue weighted by Gasteiger charge is 2.24. The first-order chi connectivity index (χ1) is 16.9. The van der Waals surface area contributed by atoms with E-state index < -0.39 is 0 Å². The summed E-state index contributed by atoms with van der Waals surface area (Å²) in [4.78, 5) is 31.8. The van der Waals surface area contributed by atoms with E-state index in [4.69, 9.17) is 4.74 Å². The van der Waals surface area contributed by atoms with Crippen LogP contribution in [-0.2, 0) is 9.59 Å². The van der Waals surface area contributed by atoms with Crippen molar-refractivity contribution in [3.63, 3.8) is 0 Å². The summed E-state index contributed by atoms with van der Waals surface area (Å²) >= 11 is 0. The summed E-state index contributed by atoms with van der Waals surface area (Å²) in [6.45, 7) is 13.1. The van der Waals surface area contributed by atoms with Crippen LogP contribution >= 0.6 is 0 Å². The van der Waals surface area contributed by atoms with Crippen molar-refractivity contribution in [3.8, 4) is 5.75 Å². The predicted octanol–water partition coefficient (Wildman–Crippen LogP) is 3.45. The van der Waals surface area contributed by atoms with Crippen LogP contribution in [-0.4, -0.2) is 69.1 Å². The lowest BCUT2D eigenvalue weighted by atomic mass is 10.1. The quantitative estimate of drug-likeness (QED) is 0.589. The van der Waals surface area contributed by atoms with Gasteiger partial charge in [-0.15, -0.1) is 0 Å². The molecule has 0 radical (unpaired) electrons. The Hall–Kier alpha value is -3.06. The van der Waals surface area contributed by atoms with Gasteiger partial charge in [-0.1, -0.05) is 18.2 Å². The van der Waals surface area contributed by atoms with Crippen LogP contribution in [0.4, 0.5) is 11.4 Å². The number of fused-ring (bicyclic) bond motifs is 1. The zero-order chi connectivity index (χ0) is 24.8. The van der Waals surface area contributed by atoms with Crippen LogP contribution in [0.3, 0.4) is 0 Å². The molecule has 188 valence electrons. The molecule has 0 spiro atoms. The Morgan fingerprint density at radius 3 is 2.37 bits per heavy atom. The van der Waals surface area contributed by atoms with Crippen molar-refractivity contribution in [2.45, 2.75) is 40.0 Å². The minimum absolute atomic E-state index is 0.0305. The maximum atomic E-state index is 12.8. The summed E-state index contributed by atoms with van der Waals surface area (Å²) in [7, 11) is 0. The van der Waals surface area contributed by atoms with Crippen LogP contribution in [0, 0.1) is 20.8 Å². The van der Waals surface area contributed by atoms with Crippen LogP contribution < -0.4 is 19.9 Å². The number of nitrogens with zero attached hydrogens (tertiary/aromatic N) is 3. The second kappa shape index (κ2) is 11.6. The number of ether oxygens (including phenoxy) is 1. The highest BCUT2D eigenvalue weighted by molar-refractivity contribution is 5.97. The van der Waals surface area contributed by atoms with Gasteiger partial charge in [-0.25, -0.2) is 0 Å². The fraction of sp³-hybridized carbons (Fsp3) is 0.500. The number of anilines is 2. The maximum Gasteiger partial charge on any atom is 0.227 e. The fourth-order valence-corrected chi connectivity index (χ4v) is 4.83. The Morgan fingerprint density at radius 2 is 1.60 bits per heavy atom. The third-order valence-electron chi connectivity index (χ3n) is 6.90. The van der Waals surface area contributed by atoms with Gasteiger partial charge in [-0.05, 0) is 68.6 Å². The first kappa shape index (κ1) is 25.0. The molecule has 0 aliphatic carbocycles. The Kier molecular flexibility index (Phi) is 8.29. The summed E-state index contributed by atoms with van der Waals surface area (Å²) in [5.74, 6) is 0.641. The molecule has 0 unspecified atom stereocenters. The SMILES string of the molecule is Cc1ccc(C)c(N2CCN(CCCNC(=O)CCC(=O)N3CCOc4ccc(C)cc43)CC2)c1. The van der Waals surface area contributed by atoms with E-state index in [1.165, 1.54) is 16.8 Å². The molecule has 0 atom stereocenters. The molecule has 2 aliphatic heterocycles. The lowest BCUT2D eigenvalue weighted by molar-refractivity contribution is -0.125. The van der Waals surface area contributed by atoms with Crippen LogP contribution in [0.15, 0.2) is 36.4 Å². The summed E-state index contributed by atoms with van der Waals surface area (Å²) < 4.78 is 5.66. The third kappa shape index (κ3) is 6.54. The van der Waals surface area contributed by atoms with Gasteiger partial charge in [0.25, 0.3) is 0 Å². The van der Waals surface area contributed by atoms with Crippen LogP contribution in [0.2, 0.25) is 0 Å². The van der Waals surface area contributed by atoms with Gasteiger partial charge in [0.15, 0.2) is 0 Å². The van der Waals surface area contributed by atoms with E-state index in [1.54, 1.807) is 4.90 Å². The van der Waals surface area contributed by atoms with E-state index in [0.29, 0.717) is 19.7 Å². The maximum absolute atomic E-state index is 12.8. The molecule has 35 heavy (non-hydrogen) atoms. The Bertz CT molecular complexity index is 1050. The normalized spacial score (nSPS) is 16.0. The second-order valence-electron chi connectivity index (χ2n) is 9.69. The zero-order valence-corrected chi connectivity index (χ0v) is 21.3. The first-order valence-electron chi connectivity index (χ1n) is 12.8. The molecule has 2 aromatic rings. The number of piperazine rings is 1. The number of hydrogen-bond acceptors (Lipinski definition) is 5. The average Bonchev–Trinajstić information content (AvgIpc) is 2.86. The van der Waals surface area contributed by atoms with Gasteiger partial charge in [0.1, 0.15) is 12.4 Å². The number of aryl methyl sites for hydroxylation is 3. The van der Waals surface area contributed by atoms with Gasteiger partial charge in [-0.3, -0.25) is 14.5 Å². The van der Waals surface area contributed by atoms with E-state index >= 15 is 0 Å². The molecule has 4 rings (SSSR count). The molecule has 7 heteroatoms. The van der Waals surface area contributed by atoms with Gasteiger partial charge in [0.2, 0.25) is 11.8 Å². The van der Waals surface area contributed by atoms with Gasteiger partial charge in [0.05, 0.1) is 12.2 Å². The van der Waals surface area contributed by atoms with Crippen molar-refractivity contribution in [1.29, 1.82) is 0 Å². The number of benzene rings is 2. The summed E-state index contributed by atoms with van der Waals surface area (Å²) in [6, 6.07) is 12.5. The Balaban J connectivity index is 1.13. The molecular formula is C28H38N4O3. The molecular weight excluding hydrogens is 440 g/mol. The van der Waals surface area contributed by atoms with Crippen LogP contribution in [0.25, 0.3) is 0 Å². The smallest absolute Gasteiger partial charge is 0.227 e. The largest absolute Gasteiger partial charge is 0.490 e. The summed E-state index contributed by atoms with van der Waals surface area (Å²) in [5, 5.41) is 2.99. The van der Waals surface area contributed by atoms with Crippen molar-refractivity contribution in [2.75, 3.05) is 62.2 Å². The average molecular weight is 479 g/mol. The van der Waals surface area contributed by atoms with E-state index in [-0.39, 0.29) is 24.7 Å². The lowest BCUT2D eigenvalue weighted by Crippen LogP contribution is -2.47. The monoisotopic (exact) mass is 478 g/mol. The number of hydrogen-bond donors (Lipinski definition) is 1. The number of rotatable bonds is 8. The van der Waals surface area contributed by atoms with E-state index in [1.807, 2.05) is 25.1 Å². The second-order valence-corrected chi connectivity index (χ2v) is 9.69. The minimum Gasteiger partial charge on any atom is -0.490 e. The number of amides is 2. The molecule has 7 nitrogen and oxygen atoms in total. The number of carbonyl (C=O) groups excluding carboxylic acids is 2. The lowest BCUT2D eigenvalue weighted by Gasteiger charge is -2.37. The van der Waals surface area contributed by atoms with Crippen molar-refractivity contribution in [2.24, 2.45) is 0 Å². The highest BCUT2D eigenvalue weighted by atomic mass is 16.5. The van der Waals surface area contributed by atoms with Gasteiger partial charge in [-0.2, -0.15) is 0 Å². The Morgan fingerprint density at radius 1 is 0.886 bits per heavy atom. The predicted molar refractivity (Wildman–Crippen MR) is 140 cm³/mol. The van der Waals surface area contributed by atoms with Gasteiger partial charge >= 0.3 is 0 Å². The third-order valence-corrected chi connectivity index (χ3v) is 6.90. The molecule has 0 saturated carbocycles. The standard InChI is InChI=1S/C28H38N4O3/c1-21-5-7-23(3)24(19-21)31-15-13-30(14-16-31)12-4-11-29-27(33)9-10-28(34)32-17-18-35-26-8-6-22(2)20-25(26)32/h5-8,19-20H,4,9-18H2,1-3H3,(H,29,33). The van der Waals surface area contributed by atoms with Gasteiger partial charge < -0.3 is 19.9 Å². The molecule has 2 heterocycles. The number of nitrogens with one attached hydrogen (secondary N) is 1. The summed E-state index contributed by atoms with van der Waals surface area (Å²) in [6.07, 6.45) is 1.34. The fourth-order valence-electron chi connectivity index (χ4n) is 4.83. The first-order valence-corrected chi connectivity index (χ1v) is 12.8. The highest BCUT2D eigenvalue weighted by Crippen LogP contribution is 2.32. The van der Waals surface area contributed by atoms with Crippen molar-refractivity contribution < 1.29 is 14.3 Å². The van der Waals surface area contributed by atoms with Crippen molar-refractivity contribution in [1.82, 2.24) is 10.2 Å². The zero-order valence-electron chi connectivity index (χ0n) is 21.3. The van der Waals surface area contributed by atoms with E-state index in [9.17, 15) is 9.59 Å². The molecule has 1 fully saturated rings. The molecule has 0 aromatic heterocycles. The van der Waals surface area contributed by atoms with Crippen molar-refractivity contribution in [3.05, 3.63) is 53.1 Å². The van der Waals surface area contributed by atoms with Gasteiger partial charge in [0, 0.05) is 51.3 Å². The Labute approximate surface area is 209 Å². The summed E-state index contributed by atoms with van der Waals surface area (Å²) in [5.41, 5.74) is 5.87. The minimum atomic E-state index is -0.0594.